The van der Waals surface area contributed by atoms with Crippen molar-refractivity contribution in [3.8, 4) is 17.0 Å². The number of ether oxygens (including phenoxy) is 1. The van der Waals surface area contributed by atoms with Gasteiger partial charge in [-0.2, -0.15) is 0 Å². The van der Waals surface area contributed by atoms with Crippen molar-refractivity contribution >= 4 is 28.4 Å². The van der Waals surface area contributed by atoms with Crippen LogP contribution in [0.15, 0.2) is 48.5 Å². The van der Waals surface area contributed by atoms with Crippen LogP contribution in [0.5, 0.6) is 5.75 Å². The van der Waals surface area contributed by atoms with Gasteiger partial charge in [0.25, 0.3) is 0 Å². The molecule has 0 aliphatic carbocycles. The summed E-state index contributed by atoms with van der Waals surface area (Å²) in [4.78, 5) is 15.0. The molecule has 1 aromatic heterocycles. The topological polar surface area (TPSA) is 66.7 Å². The summed E-state index contributed by atoms with van der Waals surface area (Å²) in [5.74, 6) is 0.796. The summed E-state index contributed by atoms with van der Waals surface area (Å²) in [7, 11) is 0. The van der Waals surface area contributed by atoms with Gasteiger partial charge in [0.2, 0.25) is 5.91 Å². The van der Waals surface area contributed by atoms with E-state index in [-0.39, 0.29) is 24.6 Å². The standard InChI is InChI=1S/C27H34ClN3O3/c1-19(2)29-27(33)18-31-25-8-7-24(34-14-4-11-30-12-9-23(32)10-13-30)16-21(25)17-26(31)20-5-3-6-22(28)15-20/h3,5-8,15-17,19,23,32H,4,9-14,18H2,1-2H3,(H,29,33). The number of halogens is 1. The Bertz CT molecular complexity index is 1120. The minimum absolute atomic E-state index is 0.0265. The number of aliphatic hydroxyl groups is 1. The third-order valence-electron chi connectivity index (χ3n) is 6.19. The van der Waals surface area contributed by atoms with E-state index in [1.807, 2.05) is 60.9 Å². The molecule has 0 bridgehead atoms. The summed E-state index contributed by atoms with van der Waals surface area (Å²) < 4.78 is 8.08. The van der Waals surface area contributed by atoms with Crippen molar-refractivity contribution in [3.63, 3.8) is 0 Å². The van der Waals surface area contributed by atoms with Gasteiger partial charge in [0, 0.05) is 47.3 Å². The highest BCUT2D eigenvalue weighted by atomic mass is 35.5. The van der Waals surface area contributed by atoms with Crippen LogP contribution >= 0.6 is 11.6 Å². The average molecular weight is 484 g/mol. The Hall–Kier alpha value is -2.54. The Labute approximate surface area is 206 Å². The molecule has 2 heterocycles. The molecule has 1 aliphatic heterocycles. The van der Waals surface area contributed by atoms with Crippen LogP contribution in [0.3, 0.4) is 0 Å². The van der Waals surface area contributed by atoms with E-state index in [0.717, 1.165) is 66.8 Å². The first-order chi connectivity index (χ1) is 16.4. The van der Waals surface area contributed by atoms with Crippen LogP contribution < -0.4 is 10.1 Å². The Morgan fingerprint density at radius 1 is 1.18 bits per heavy atom. The van der Waals surface area contributed by atoms with Crippen LogP contribution in [0.2, 0.25) is 5.02 Å². The average Bonchev–Trinajstić information content (AvgIpc) is 3.15. The Balaban J connectivity index is 1.49. The predicted molar refractivity (Wildman–Crippen MR) is 137 cm³/mol. The van der Waals surface area contributed by atoms with E-state index in [0.29, 0.717) is 11.6 Å². The fourth-order valence-corrected chi connectivity index (χ4v) is 4.72. The van der Waals surface area contributed by atoms with Crippen molar-refractivity contribution in [2.75, 3.05) is 26.2 Å². The number of aliphatic hydroxyl groups excluding tert-OH is 1. The van der Waals surface area contributed by atoms with Crippen LogP contribution in [0.1, 0.15) is 33.1 Å². The zero-order chi connectivity index (χ0) is 24.1. The number of nitrogens with zero attached hydrogens (tertiary/aromatic N) is 2. The molecule has 182 valence electrons. The molecular weight excluding hydrogens is 450 g/mol. The van der Waals surface area contributed by atoms with Gasteiger partial charge in [-0.3, -0.25) is 4.79 Å². The first kappa shape index (κ1) is 24.6. The minimum atomic E-state index is -0.139. The maximum Gasteiger partial charge on any atom is 0.240 e. The normalized spacial score (nSPS) is 15.2. The number of nitrogens with one attached hydrogen (secondary N) is 1. The van der Waals surface area contributed by atoms with E-state index in [1.165, 1.54) is 0 Å². The van der Waals surface area contributed by atoms with Gasteiger partial charge in [0.1, 0.15) is 12.3 Å². The van der Waals surface area contributed by atoms with Crippen LogP contribution in [-0.2, 0) is 11.3 Å². The van der Waals surface area contributed by atoms with Crippen molar-refractivity contribution in [1.29, 1.82) is 0 Å². The fraction of sp³-hybridized carbons (Fsp3) is 0.444. The number of hydrogen-bond acceptors (Lipinski definition) is 4. The molecule has 0 saturated carbocycles. The molecule has 0 unspecified atom stereocenters. The number of carbonyl (C=O) groups excluding carboxylic acids is 1. The zero-order valence-corrected chi connectivity index (χ0v) is 20.7. The Kier molecular flexibility index (Phi) is 8.14. The van der Waals surface area contributed by atoms with Gasteiger partial charge in [-0.15, -0.1) is 0 Å². The van der Waals surface area contributed by atoms with Gasteiger partial charge in [0.15, 0.2) is 0 Å². The molecule has 34 heavy (non-hydrogen) atoms. The van der Waals surface area contributed by atoms with Gasteiger partial charge < -0.3 is 24.6 Å². The van der Waals surface area contributed by atoms with E-state index < -0.39 is 0 Å². The molecule has 7 heteroatoms. The second-order valence-corrected chi connectivity index (χ2v) is 9.78. The molecule has 1 aliphatic rings. The molecule has 1 saturated heterocycles. The highest BCUT2D eigenvalue weighted by molar-refractivity contribution is 6.30. The molecule has 0 radical (unpaired) electrons. The monoisotopic (exact) mass is 483 g/mol. The number of rotatable bonds is 9. The molecule has 0 spiro atoms. The number of benzene rings is 2. The molecular formula is C27H34ClN3O3. The van der Waals surface area contributed by atoms with Crippen molar-refractivity contribution in [1.82, 2.24) is 14.8 Å². The fourth-order valence-electron chi connectivity index (χ4n) is 4.53. The number of carbonyl (C=O) groups is 1. The van der Waals surface area contributed by atoms with E-state index >= 15 is 0 Å². The zero-order valence-electron chi connectivity index (χ0n) is 20.0. The molecule has 2 aromatic carbocycles. The second kappa shape index (κ2) is 11.3. The highest BCUT2D eigenvalue weighted by Crippen LogP contribution is 2.32. The lowest BCUT2D eigenvalue weighted by Crippen LogP contribution is -2.36. The lowest BCUT2D eigenvalue weighted by molar-refractivity contribution is -0.122. The largest absolute Gasteiger partial charge is 0.494 e. The van der Waals surface area contributed by atoms with E-state index in [2.05, 4.69) is 16.3 Å². The van der Waals surface area contributed by atoms with Gasteiger partial charge in [-0.05, 0) is 75.1 Å². The van der Waals surface area contributed by atoms with Gasteiger partial charge >= 0.3 is 0 Å². The molecule has 2 N–H and O–H groups in total. The second-order valence-electron chi connectivity index (χ2n) is 9.34. The summed E-state index contributed by atoms with van der Waals surface area (Å²) in [5, 5.41) is 14.3. The first-order valence-corrected chi connectivity index (χ1v) is 12.5. The molecule has 3 aromatic rings. The number of fused-ring (bicyclic) bond motifs is 1. The van der Waals surface area contributed by atoms with E-state index in [1.54, 1.807) is 0 Å². The quantitative estimate of drug-likeness (QED) is 0.432. The number of likely N-dealkylation sites (tertiary alicyclic amines) is 1. The van der Waals surface area contributed by atoms with Crippen molar-refractivity contribution in [3.05, 3.63) is 53.6 Å². The Morgan fingerprint density at radius 2 is 1.97 bits per heavy atom. The van der Waals surface area contributed by atoms with Gasteiger partial charge in [0.05, 0.1) is 12.7 Å². The maximum atomic E-state index is 12.6. The first-order valence-electron chi connectivity index (χ1n) is 12.1. The van der Waals surface area contributed by atoms with Crippen LogP contribution in [0.25, 0.3) is 22.2 Å². The van der Waals surface area contributed by atoms with Crippen molar-refractivity contribution in [2.45, 2.75) is 51.8 Å². The summed E-state index contributed by atoms with van der Waals surface area (Å²) in [6.45, 7) is 7.69. The van der Waals surface area contributed by atoms with Gasteiger partial charge in [-0.25, -0.2) is 0 Å². The molecule has 4 rings (SSSR count). The minimum Gasteiger partial charge on any atom is -0.494 e. The number of aromatic nitrogens is 1. The lowest BCUT2D eigenvalue weighted by atomic mass is 10.1. The van der Waals surface area contributed by atoms with E-state index in [4.69, 9.17) is 16.3 Å². The third kappa shape index (κ3) is 6.32. The summed E-state index contributed by atoms with van der Waals surface area (Å²) in [6, 6.07) is 15.9. The third-order valence-corrected chi connectivity index (χ3v) is 6.42. The summed E-state index contributed by atoms with van der Waals surface area (Å²) in [5.41, 5.74) is 2.89. The van der Waals surface area contributed by atoms with Crippen LogP contribution in [-0.4, -0.2) is 58.9 Å². The summed E-state index contributed by atoms with van der Waals surface area (Å²) >= 11 is 6.26. The smallest absolute Gasteiger partial charge is 0.240 e. The SMILES string of the molecule is CC(C)NC(=O)Cn1c(-c2cccc(Cl)c2)cc2cc(OCCCN3CCC(O)CC3)ccc21. The highest BCUT2D eigenvalue weighted by Gasteiger charge is 2.17. The van der Waals surface area contributed by atoms with Crippen LogP contribution in [0, 0.1) is 0 Å². The number of amides is 1. The molecule has 0 atom stereocenters. The van der Waals surface area contributed by atoms with Crippen molar-refractivity contribution < 1.29 is 14.6 Å². The van der Waals surface area contributed by atoms with E-state index in [9.17, 15) is 9.90 Å². The van der Waals surface area contributed by atoms with Crippen molar-refractivity contribution in [2.24, 2.45) is 0 Å². The molecule has 1 amide bonds. The number of piperidine rings is 1. The number of hydrogen-bond donors (Lipinski definition) is 2. The molecule has 6 nitrogen and oxygen atoms in total. The Morgan fingerprint density at radius 3 is 2.71 bits per heavy atom. The molecule has 1 fully saturated rings. The van der Waals surface area contributed by atoms with Crippen LogP contribution in [0.4, 0.5) is 0 Å². The van der Waals surface area contributed by atoms with Gasteiger partial charge in [-0.1, -0.05) is 23.7 Å². The maximum absolute atomic E-state index is 12.6. The predicted octanol–water partition coefficient (Wildman–Crippen LogP) is 4.71. The summed E-state index contributed by atoms with van der Waals surface area (Å²) in [6.07, 6.45) is 2.52. The lowest BCUT2D eigenvalue weighted by Gasteiger charge is -2.29.